The van der Waals surface area contributed by atoms with Crippen LogP contribution >= 0.6 is 8.46 Å². The maximum atomic E-state index is 12.8. The van der Waals surface area contributed by atoms with Crippen LogP contribution in [0.15, 0.2) is 71.9 Å². The van der Waals surface area contributed by atoms with Gasteiger partial charge in [-0.15, -0.1) is 0 Å². The second kappa shape index (κ2) is 12.9. The lowest BCUT2D eigenvalue weighted by Gasteiger charge is -2.13. The minimum Gasteiger partial charge on any atom is -0.491 e. The highest BCUT2D eigenvalue weighted by Crippen LogP contribution is 2.28. The van der Waals surface area contributed by atoms with Crippen LogP contribution in [0.1, 0.15) is 10.4 Å². The molecule has 2 aromatic rings. The first-order chi connectivity index (χ1) is 16.1. The average molecular weight is 508 g/mol. The van der Waals surface area contributed by atoms with Crippen molar-refractivity contribution in [1.29, 1.82) is 0 Å². The highest BCUT2D eigenvalue weighted by Gasteiger charge is 2.13. The normalized spacial score (nSPS) is 11.4. The van der Waals surface area contributed by atoms with Gasteiger partial charge < -0.3 is 24.5 Å². The molecule has 2 aromatic carbocycles. The number of allylic oxidation sites excluding steroid dienone is 1. The third kappa shape index (κ3) is 8.95. The highest BCUT2D eigenvalue weighted by atomic mass is 32.2. The molecular formula is C22H26N3O7PS. The number of hydrazine groups is 1. The first kappa shape index (κ1) is 27.0. The summed E-state index contributed by atoms with van der Waals surface area (Å²) in [5.41, 5.74) is 0.488. The number of hydrogen-bond acceptors (Lipinski definition) is 9. The molecule has 0 saturated carbocycles. The summed E-state index contributed by atoms with van der Waals surface area (Å²) in [5.74, 6) is 6.16. The fraction of sp³-hybridized carbons (Fsp3) is 0.227. The SMILES string of the molecule is C=C(/C=C\N(N)CP=O)NC(=O)c1cc(OCCOC)cc(Oc2ccc(S(C)(=O)=O)cc2)c1. The molecule has 0 aliphatic carbocycles. The summed E-state index contributed by atoms with van der Waals surface area (Å²) >= 11 is 0. The minimum atomic E-state index is -3.34. The first-order valence-corrected chi connectivity index (χ1v) is 12.7. The molecule has 0 bridgehead atoms. The molecule has 0 unspecified atom stereocenters. The number of sulfone groups is 1. The van der Waals surface area contributed by atoms with Crippen molar-refractivity contribution in [3.8, 4) is 17.2 Å². The standard InChI is InChI=1S/C22H26N3O7PS/c1-16(8-9-25(23)15-33-27)24-22(26)17-12-19(31-11-10-30-2)14-20(13-17)32-18-4-6-21(7-5-18)34(3,28)29/h4-9,12-14H,1,10-11,15,23H2,2-3H3,(H,24,26)/b9-8-. The van der Waals surface area contributed by atoms with Crippen molar-refractivity contribution in [2.24, 2.45) is 5.84 Å². The molecule has 0 heterocycles. The summed E-state index contributed by atoms with van der Waals surface area (Å²) in [7, 11) is -1.94. The molecule has 182 valence electrons. The van der Waals surface area contributed by atoms with Crippen molar-refractivity contribution in [3.05, 3.63) is 72.6 Å². The van der Waals surface area contributed by atoms with Gasteiger partial charge >= 0.3 is 0 Å². The van der Waals surface area contributed by atoms with Crippen molar-refractivity contribution in [2.75, 3.05) is 32.9 Å². The average Bonchev–Trinajstić information content (AvgIpc) is 2.78. The summed E-state index contributed by atoms with van der Waals surface area (Å²) in [6.45, 7) is 4.35. The number of nitrogens with two attached hydrogens (primary N) is 1. The molecular weight excluding hydrogens is 481 g/mol. The van der Waals surface area contributed by atoms with Crippen molar-refractivity contribution in [2.45, 2.75) is 4.90 Å². The number of carbonyl (C=O) groups is 1. The Labute approximate surface area is 200 Å². The third-order valence-corrected chi connectivity index (χ3v) is 5.72. The Balaban J connectivity index is 2.23. The zero-order chi connectivity index (χ0) is 25.1. The summed E-state index contributed by atoms with van der Waals surface area (Å²) in [6.07, 6.45) is 4.09. The first-order valence-electron chi connectivity index (χ1n) is 9.86. The van der Waals surface area contributed by atoms with E-state index in [1.165, 1.54) is 53.7 Å². The van der Waals surface area contributed by atoms with Gasteiger partial charge in [-0.05, 0) is 42.5 Å². The van der Waals surface area contributed by atoms with Gasteiger partial charge in [-0.3, -0.25) is 9.36 Å². The lowest BCUT2D eigenvalue weighted by Crippen LogP contribution is -2.25. The van der Waals surface area contributed by atoms with E-state index in [0.717, 1.165) is 6.26 Å². The largest absolute Gasteiger partial charge is 0.491 e. The van der Waals surface area contributed by atoms with E-state index in [9.17, 15) is 17.8 Å². The Morgan fingerprint density at radius 1 is 1.15 bits per heavy atom. The van der Waals surface area contributed by atoms with E-state index in [0.29, 0.717) is 23.9 Å². The van der Waals surface area contributed by atoms with E-state index in [2.05, 4.69) is 11.9 Å². The van der Waals surface area contributed by atoms with Gasteiger partial charge in [0.25, 0.3) is 5.91 Å². The number of amides is 1. The van der Waals surface area contributed by atoms with Crippen LogP contribution in [-0.2, 0) is 19.1 Å². The molecule has 0 radical (unpaired) electrons. The van der Waals surface area contributed by atoms with Crippen LogP contribution in [-0.4, -0.2) is 52.2 Å². The number of nitrogens with one attached hydrogen (secondary N) is 1. The van der Waals surface area contributed by atoms with E-state index in [1.54, 1.807) is 13.2 Å². The molecule has 1 amide bonds. The van der Waals surface area contributed by atoms with Gasteiger partial charge in [0.2, 0.25) is 0 Å². The molecule has 0 fully saturated rings. The number of methoxy groups -OCH3 is 1. The van der Waals surface area contributed by atoms with Gasteiger partial charge in [0.05, 0.1) is 11.5 Å². The van der Waals surface area contributed by atoms with E-state index in [4.69, 9.17) is 20.1 Å². The molecule has 3 N–H and O–H groups in total. The van der Waals surface area contributed by atoms with Gasteiger partial charge in [-0.25, -0.2) is 14.3 Å². The van der Waals surface area contributed by atoms with Gasteiger partial charge in [0, 0.05) is 36.9 Å². The van der Waals surface area contributed by atoms with Crippen molar-refractivity contribution in [1.82, 2.24) is 10.3 Å². The topological polar surface area (TPSA) is 137 Å². The Bertz CT molecular complexity index is 1150. The number of hydrogen-bond donors (Lipinski definition) is 2. The van der Waals surface area contributed by atoms with Gasteiger partial charge in [0.1, 0.15) is 30.1 Å². The monoisotopic (exact) mass is 507 g/mol. The third-order valence-electron chi connectivity index (χ3n) is 4.15. The summed E-state index contributed by atoms with van der Waals surface area (Å²) in [4.78, 5) is 12.9. The van der Waals surface area contributed by atoms with Crippen LogP contribution in [0.3, 0.4) is 0 Å². The molecule has 0 spiro atoms. The fourth-order valence-corrected chi connectivity index (χ4v) is 3.40. The van der Waals surface area contributed by atoms with Crippen LogP contribution in [0.25, 0.3) is 0 Å². The highest BCUT2D eigenvalue weighted by molar-refractivity contribution is 7.90. The Morgan fingerprint density at radius 3 is 2.44 bits per heavy atom. The van der Waals surface area contributed by atoms with Crippen molar-refractivity contribution in [3.63, 3.8) is 0 Å². The maximum absolute atomic E-state index is 12.8. The van der Waals surface area contributed by atoms with Gasteiger partial charge in [-0.2, -0.15) is 0 Å². The predicted molar refractivity (Wildman–Crippen MR) is 128 cm³/mol. The minimum absolute atomic E-state index is 0.0877. The van der Waals surface area contributed by atoms with Crippen LogP contribution < -0.4 is 20.6 Å². The van der Waals surface area contributed by atoms with E-state index >= 15 is 0 Å². The zero-order valence-corrected chi connectivity index (χ0v) is 20.5. The number of benzene rings is 2. The second-order valence-corrected chi connectivity index (χ2v) is 9.52. The molecule has 0 saturated heterocycles. The maximum Gasteiger partial charge on any atom is 0.255 e. The van der Waals surface area contributed by atoms with Gasteiger partial charge in [0.15, 0.2) is 18.3 Å². The van der Waals surface area contributed by atoms with Crippen LogP contribution in [0.5, 0.6) is 17.2 Å². The van der Waals surface area contributed by atoms with E-state index < -0.39 is 15.7 Å². The molecule has 0 aliphatic rings. The lowest BCUT2D eigenvalue weighted by atomic mass is 10.2. The number of nitrogens with zero attached hydrogens (tertiary/aromatic N) is 1. The van der Waals surface area contributed by atoms with Crippen LogP contribution in [0.2, 0.25) is 0 Å². The van der Waals surface area contributed by atoms with E-state index in [1.807, 2.05) is 0 Å². The molecule has 2 rings (SSSR count). The van der Waals surface area contributed by atoms with Gasteiger partial charge in [-0.1, -0.05) is 6.58 Å². The van der Waals surface area contributed by atoms with Crippen molar-refractivity contribution >= 4 is 24.2 Å². The quantitative estimate of drug-likeness (QED) is 0.138. The molecule has 0 aromatic heterocycles. The van der Waals surface area contributed by atoms with Crippen LogP contribution in [0.4, 0.5) is 0 Å². The number of rotatable bonds is 13. The molecule has 0 atom stereocenters. The Morgan fingerprint density at radius 2 is 1.82 bits per heavy atom. The summed E-state index contributed by atoms with van der Waals surface area (Å²) in [5, 5.41) is 3.80. The number of ether oxygens (including phenoxy) is 3. The molecule has 34 heavy (non-hydrogen) atoms. The number of carbonyl (C=O) groups excluding carboxylic acids is 1. The molecule has 10 nitrogen and oxygen atoms in total. The van der Waals surface area contributed by atoms with E-state index in [-0.39, 0.29) is 37.5 Å². The second-order valence-electron chi connectivity index (χ2n) is 6.96. The predicted octanol–water partition coefficient (Wildman–Crippen LogP) is 3.09. The fourth-order valence-electron chi connectivity index (χ4n) is 2.54. The Hall–Kier alpha value is -3.24. The summed E-state index contributed by atoms with van der Waals surface area (Å²) < 4.78 is 50.3. The Kier molecular flexibility index (Phi) is 10.2. The zero-order valence-electron chi connectivity index (χ0n) is 18.8. The van der Waals surface area contributed by atoms with Crippen LogP contribution in [0, 0.1) is 0 Å². The lowest BCUT2D eigenvalue weighted by molar-refractivity contribution is 0.0966. The van der Waals surface area contributed by atoms with Crippen molar-refractivity contribution < 1.29 is 32.0 Å². The smallest absolute Gasteiger partial charge is 0.255 e. The summed E-state index contributed by atoms with van der Waals surface area (Å²) in [6, 6.07) is 10.5. The molecule has 12 heteroatoms. The molecule has 0 aliphatic heterocycles.